The molecule has 2 aromatic rings. The summed E-state index contributed by atoms with van der Waals surface area (Å²) in [5, 5.41) is 8.78. The van der Waals surface area contributed by atoms with Gasteiger partial charge in [0.05, 0.1) is 4.90 Å². The van der Waals surface area contributed by atoms with Gasteiger partial charge in [0.1, 0.15) is 12.2 Å². The molecule has 1 unspecified atom stereocenters. The Morgan fingerprint density at radius 1 is 1.10 bits per heavy atom. The molecule has 3 fully saturated rings. The van der Waals surface area contributed by atoms with Crippen LogP contribution in [0.1, 0.15) is 82.0 Å². The Morgan fingerprint density at radius 2 is 1.81 bits per heavy atom. The summed E-state index contributed by atoms with van der Waals surface area (Å²) in [7, 11) is -3.53. The molecule has 1 saturated heterocycles. The van der Waals surface area contributed by atoms with Gasteiger partial charge < -0.3 is 4.57 Å². The van der Waals surface area contributed by atoms with Crippen molar-refractivity contribution in [3.8, 4) is 0 Å². The molecular weight excluding hydrogens is 408 g/mol. The molecule has 31 heavy (non-hydrogen) atoms. The minimum Gasteiger partial charge on any atom is -0.317 e. The van der Waals surface area contributed by atoms with E-state index < -0.39 is 10.0 Å². The summed E-state index contributed by atoms with van der Waals surface area (Å²) in [5.41, 5.74) is 1.15. The van der Waals surface area contributed by atoms with Crippen LogP contribution in [0.5, 0.6) is 0 Å². The smallest absolute Gasteiger partial charge is 0.243 e. The van der Waals surface area contributed by atoms with Gasteiger partial charge in [-0.15, -0.1) is 10.2 Å². The quantitative estimate of drug-likeness (QED) is 0.658. The Bertz CT molecular complexity index is 1020. The van der Waals surface area contributed by atoms with Gasteiger partial charge in [-0.1, -0.05) is 45.2 Å². The average molecular weight is 443 g/mol. The van der Waals surface area contributed by atoms with Gasteiger partial charge >= 0.3 is 0 Å². The normalized spacial score (nSPS) is 24.3. The summed E-state index contributed by atoms with van der Waals surface area (Å²) in [5.74, 6) is 2.24. The Morgan fingerprint density at radius 3 is 2.45 bits per heavy atom. The lowest BCUT2D eigenvalue weighted by atomic mass is 9.67. The minimum absolute atomic E-state index is 0.0163. The molecule has 1 aromatic carbocycles. The van der Waals surface area contributed by atoms with Crippen molar-refractivity contribution in [2.24, 2.45) is 11.3 Å². The number of nitrogens with zero attached hydrogens (tertiary/aromatic N) is 4. The SMILES string of the molecule is CC(C)c1ccc(S(=O)(=O)N2CC(c3nncn3CC3CC3)C3(CCCCC3)C2)cc1. The average Bonchev–Trinajstić information content (AvgIpc) is 3.35. The zero-order valence-corrected chi connectivity index (χ0v) is 19.5. The number of aromatic nitrogens is 3. The van der Waals surface area contributed by atoms with E-state index >= 15 is 0 Å². The van der Waals surface area contributed by atoms with E-state index in [0.717, 1.165) is 36.7 Å². The highest BCUT2D eigenvalue weighted by molar-refractivity contribution is 7.89. The van der Waals surface area contributed by atoms with Crippen molar-refractivity contribution in [3.63, 3.8) is 0 Å². The third kappa shape index (κ3) is 3.95. The number of hydrogen-bond donors (Lipinski definition) is 0. The largest absolute Gasteiger partial charge is 0.317 e. The van der Waals surface area contributed by atoms with Crippen LogP contribution in [0.15, 0.2) is 35.5 Å². The first-order valence-corrected chi connectivity index (χ1v) is 13.3. The Hall–Kier alpha value is -1.73. The summed E-state index contributed by atoms with van der Waals surface area (Å²) in [4.78, 5) is 0.406. The van der Waals surface area contributed by atoms with E-state index in [0.29, 0.717) is 23.9 Å². The molecule has 7 heteroatoms. The predicted octanol–water partition coefficient (Wildman–Crippen LogP) is 4.55. The van der Waals surface area contributed by atoms with Crippen LogP contribution in [0.25, 0.3) is 0 Å². The fourth-order valence-electron chi connectivity index (χ4n) is 5.65. The van der Waals surface area contributed by atoms with Crippen LogP contribution in [0.4, 0.5) is 0 Å². The van der Waals surface area contributed by atoms with Gasteiger partial charge in [-0.3, -0.25) is 0 Å². The molecule has 1 spiro atoms. The maximum atomic E-state index is 13.6. The molecule has 0 N–H and O–H groups in total. The van der Waals surface area contributed by atoms with E-state index in [1.807, 2.05) is 18.5 Å². The molecule has 1 atom stereocenters. The van der Waals surface area contributed by atoms with E-state index in [1.54, 1.807) is 16.4 Å². The molecule has 6 nitrogen and oxygen atoms in total. The number of hydrogen-bond acceptors (Lipinski definition) is 4. The molecule has 3 aliphatic rings. The van der Waals surface area contributed by atoms with Gasteiger partial charge in [0.2, 0.25) is 10.0 Å². The highest BCUT2D eigenvalue weighted by Crippen LogP contribution is 2.52. The predicted molar refractivity (Wildman–Crippen MR) is 120 cm³/mol. The lowest BCUT2D eigenvalue weighted by molar-refractivity contribution is 0.176. The third-order valence-electron chi connectivity index (χ3n) is 7.76. The lowest BCUT2D eigenvalue weighted by Crippen LogP contribution is -2.34. The first-order valence-electron chi connectivity index (χ1n) is 11.9. The highest BCUT2D eigenvalue weighted by Gasteiger charge is 2.52. The number of rotatable bonds is 6. The molecular formula is C24H34N4O2S. The fraction of sp³-hybridized carbons (Fsp3) is 0.667. The van der Waals surface area contributed by atoms with Crippen LogP contribution in [-0.2, 0) is 16.6 Å². The van der Waals surface area contributed by atoms with Gasteiger partial charge in [-0.05, 0) is 60.6 Å². The van der Waals surface area contributed by atoms with E-state index in [1.165, 1.54) is 32.1 Å². The molecule has 168 valence electrons. The van der Waals surface area contributed by atoms with Crippen LogP contribution in [0, 0.1) is 11.3 Å². The minimum atomic E-state index is -3.53. The van der Waals surface area contributed by atoms with Crippen LogP contribution in [0.2, 0.25) is 0 Å². The Labute approximate surface area is 186 Å². The molecule has 5 rings (SSSR count). The molecule has 1 aliphatic heterocycles. The van der Waals surface area contributed by atoms with Crippen LogP contribution in [-0.4, -0.2) is 40.6 Å². The van der Waals surface area contributed by atoms with Gasteiger partial charge in [0.15, 0.2) is 0 Å². The monoisotopic (exact) mass is 442 g/mol. The summed E-state index contributed by atoms with van der Waals surface area (Å²) in [6.07, 6.45) is 10.1. The van der Waals surface area contributed by atoms with Gasteiger partial charge in [0.25, 0.3) is 0 Å². The fourth-order valence-corrected chi connectivity index (χ4v) is 7.20. The van der Waals surface area contributed by atoms with Crippen molar-refractivity contribution in [2.45, 2.75) is 82.1 Å². The standard InChI is InChI=1S/C24H34N4O2S/c1-18(2)20-8-10-21(11-9-20)31(29,30)28-15-22(24(16-28)12-4-3-5-13-24)23-26-25-17-27(23)14-19-6-7-19/h8-11,17-19,22H,3-7,12-16H2,1-2H3. The summed E-state index contributed by atoms with van der Waals surface area (Å²) < 4.78 is 31.2. The van der Waals surface area contributed by atoms with Crippen molar-refractivity contribution in [1.82, 2.24) is 19.1 Å². The Kier molecular flexibility index (Phi) is 5.45. The first kappa shape index (κ1) is 21.1. The van der Waals surface area contributed by atoms with Crippen molar-refractivity contribution in [1.29, 1.82) is 0 Å². The van der Waals surface area contributed by atoms with E-state index in [-0.39, 0.29) is 11.3 Å². The molecule has 1 aromatic heterocycles. The van der Waals surface area contributed by atoms with Crippen LogP contribution < -0.4 is 0 Å². The highest BCUT2D eigenvalue weighted by atomic mass is 32.2. The molecule has 0 radical (unpaired) electrons. The second-order valence-electron chi connectivity index (χ2n) is 10.3. The first-order chi connectivity index (χ1) is 14.9. The number of sulfonamides is 1. The third-order valence-corrected chi connectivity index (χ3v) is 9.59. The summed E-state index contributed by atoms with van der Waals surface area (Å²) in [6, 6.07) is 7.46. The lowest BCUT2D eigenvalue weighted by Gasteiger charge is -2.37. The van der Waals surface area contributed by atoms with Crippen molar-refractivity contribution in [2.75, 3.05) is 13.1 Å². The van der Waals surface area contributed by atoms with Crippen molar-refractivity contribution < 1.29 is 8.42 Å². The van der Waals surface area contributed by atoms with Gasteiger partial charge in [-0.2, -0.15) is 4.31 Å². The maximum Gasteiger partial charge on any atom is 0.243 e. The van der Waals surface area contributed by atoms with Crippen molar-refractivity contribution in [3.05, 3.63) is 42.0 Å². The second-order valence-corrected chi connectivity index (χ2v) is 12.2. The van der Waals surface area contributed by atoms with Crippen LogP contribution in [0.3, 0.4) is 0 Å². The topological polar surface area (TPSA) is 68.1 Å². The summed E-state index contributed by atoms with van der Waals surface area (Å²) in [6.45, 7) is 6.33. The molecule has 2 aliphatic carbocycles. The van der Waals surface area contributed by atoms with E-state index in [2.05, 4.69) is 28.6 Å². The Balaban J connectivity index is 1.46. The van der Waals surface area contributed by atoms with E-state index in [4.69, 9.17) is 0 Å². The van der Waals surface area contributed by atoms with Crippen LogP contribution >= 0.6 is 0 Å². The van der Waals surface area contributed by atoms with Gasteiger partial charge in [0, 0.05) is 25.6 Å². The second kappa shape index (κ2) is 8.00. The van der Waals surface area contributed by atoms with E-state index in [9.17, 15) is 8.42 Å². The maximum absolute atomic E-state index is 13.6. The zero-order valence-electron chi connectivity index (χ0n) is 18.7. The molecule has 2 saturated carbocycles. The zero-order chi connectivity index (χ0) is 21.6. The number of benzene rings is 1. The van der Waals surface area contributed by atoms with Crippen molar-refractivity contribution >= 4 is 10.0 Å². The molecule has 0 amide bonds. The summed E-state index contributed by atoms with van der Waals surface area (Å²) >= 11 is 0. The molecule has 0 bridgehead atoms. The molecule has 2 heterocycles. The van der Waals surface area contributed by atoms with Gasteiger partial charge in [-0.25, -0.2) is 8.42 Å².